The molecule has 2 aromatic carbocycles. The quantitative estimate of drug-likeness (QED) is 0.798. The molecule has 0 aliphatic rings. The van der Waals surface area contributed by atoms with Crippen molar-refractivity contribution in [1.29, 1.82) is 5.26 Å². The monoisotopic (exact) mass is 356 g/mol. The topological polar surface area (TPSA) is 90.2 Å². The summed E-state index contributed by atoms with van der Waals surface area (Å²) in [6.07, 6.45) is 0.324. The van der Waals surface area contributed by atoms with Crippen molar-refractivity contribution in [2.75, 3.05) is 0 Å². The molecule has 0 radical (unpaired) electrons. The number of rotatable bonds is 7. The van der Waals surface area contributed by atoms with E-state index in [1.807, 2.05) is 6.07 Å². The van der Waals surface area contributed by atoms with Crippen LogP contribution in [0.25, 0.3) is 0 Å². The Morgan fingerprint density at radius 2 is 1.88 bits per heavy atom. The average molecular weight is 357 g/mol. The van der Waals surface area contributed by atoms with Gasteiger partial charge in [0.2, 0.25) is 5.91 Å². The molecule has 2 aromatic rings. The number of nitriles is 1. The number of hydrogen-bond donors (Lipinski definition) is 2. The molecule has 0 aliphatic heterocycles. The molecule has 2 N–H and O–H groups in total. The second-order valence-corrected chi connectivity index (χ2v) is 6.12. The zero-order valence-corrected chi connectivity index (χ0v) is 14.2. The molecule has 0 heterocycles. The van der Waals surface area contributed by atoms with Gasteiger partial charge in [-0.15, -0.1) is 0 Å². The van der Waals surface area contributed by atoms with Crippen molar-refractivity contribution >= 4 is 23.5 Å². The van der Waals surface area contributed by atoms with E-state index in [9.17, 15) is 9.59 Å². The molecule has 0 aliphatic carbocycles. The summed E-state index contributed by atoms with van der Waals surface area (Å²) in [6.45, 7) is 0. The second kappa shape index (κ2) is 8.86. The molecule has 0 aromatic heterocycles. The molecule has 128 valence electrons. The van der Waals surface area contributed by atoms with E-state index < -0.39 is 12.0 Å². The first-order chi connectivity index (χ1) is 12.0. The van der Waals surface area contributed by atoms with Crippen LogP contribution in [0.2, 0.25) is 5.02 Å². The average Bonchev–Trinajstić information content (AvgIpc) is 2.54. The molecular formula is C19H17ClN2O3. The van der Waals surface area contributed by atoms with Crippen molar-refractivity contribution < 1.29 is 14.7 Å². The highest BCUT2D eigenvalue weighted by Gasteiger charge is 2.17. The van der Waals surface area contributed by atoms with Crippen LogP contribution in [-0.4, -0.2) is 23.0 Å². The zero-order chi connectivity index (χ0) is 18.2. The summed E-state index contributed by atoms with van der Waals surface area (Å²) in [5, 5.41) is 21.2. The number of benzene rings is 2. The van der Waals surface area contributed by atoms with Crippen LogP contribution in [0.4, 0.5) is 0 Å². The van der Waals surface area contributed by atoms with Gasteiger partial charge in [0.05, 0.1) is 24.5 Å². The number of carboxylic acids is 1. The van der Waals surface area contributed by atoms with E-state index in [1.165, 1.54) is 0 Å². The van der Waals surface area contributed by atoms with Crippen molar-refractivity contribution in [2.45, 2.75) is 25.3 Å². The lowest BCUT2D eigenvalue weighted by molar-refractivity contribution is -0.137. The Balaban J connectivity index is 2.02. The van der Waals surface area contributed by atoms with Crippen LogP contribution in [-0.2, 0) is 22.4 Å². The number of halogens is 1. The Kier molecular flexibility index (Phi) is 6.55. The fourth-order valence-corrected chi connectivity index (χ4v) is 2.71. The number of amides is 1. The van der Waals surface area contributed by atoms with Gasteiger partial charge in [-0.25, -0.2) is 0 Å². The summed E-state index contributed by atoms with van der Waals surface area (Å²) in [7, 11) is 0. The van der Waals surface area contributed by atoms with Gasteiger partial charge in [-0.2, -0.15) is 5.26 Å². The largest absolute Gasteiger partial charge is 0.481 e. The summed E-state index contributed by atoms with van der Waals surface area (Å²) >= 11 is 5.90. The fourth-order valence-electron chi connectivity index (χ4n) is 2.50. The molecule has 5 nitrogen and oxygen atoms in total. The number of nitrogens with one attached hydrogen (secondary N) is 1. The van der Waals surface area contributed by atoms with Gasteiger partial charge in [0.15, 0.2) is 0 Å². The van der Waals surface area contributed by atoms with Crippen LogP contribution < -0.4 is 5.32 Å². The predicted molar refractivity (Wildman–Crippen MR) is 94.2 cm³/mol. The summed E-state index contributed by atoms with van der Waals surface area (Å²) < 4.78 is 0. The maximum absolute atomic E-state index is 12.2. The highest BCUT2D eigenvalue weighted by atomic mass is 35.5. The number of hydrogen-bond acceptors (Lipinski definition) is 3. The van der Waals surface area contributed by atoms with Crippen LogP contribution in [0.1, 0.15) is 23.1 Å². The van der Waals surface area contributed by atoms with Crippen LogP contribution in [0.15, 0.2) is 48.5 Å². The van der Waals surface area contributed by atoms with E-state index >= 15 is 0 Å². The van der Waals surface area contributed by atoms with Gasteiger partial charge in [-0.3, -0.25) is 9.59 Å². The standard InChI is InChI=1S/C19H17ClN2O3/c20-16-3-1-2-15(8-16)10-18(23)22-17(11-19(24)25)9-13-4-6-14(12-21)7-5-13/h1-8,17H,9-11H2,(H,22,23)(H,24,25). The lowest BCUT2D eigenvalue weighted by Gasteiger charge is -2.17. The van der Waals surface area contributed by atoms with Gasteiger partial charge < -0.3 is 10.4 Å². The van der Waals surface area contributed by atoms with Crippen molar-refractivity contribution in [3.63, 3.8) is 0 Å². The molecule has 0 saturated carbocycles. The lowest BCUT2D eigenvalue weighted by Crippen LogP contribution is -2.38. The fraction of sp³-hybridized carbons (Fsp3) is 0.211. The summed E-state index contributed by atoms with van der Waals surface area (Å²) in [5.74, 6) is -1.25. The third kappa shape index (κ3) is 6.28. The first-order valence-electron chi connectivity index (χ1n) is 7.71. The van der Waals surface area contributed by atoms with Crippen LogP contribution in [0.3, 0.4) is 0 Å². The molecular weight excluding hydrogens is 340 g/mol. The van der Waals surface area contributed by atoms with Crippen LogP contribution >= 0.6 is 11.6 Å². The van der Waals surface area contributed by atoms with E-state index in [1.54, 1.807) is 48.5 Å². The Morgan fingerprint density at radius 3 is 2.48 bits per heavy atom. The molecule has 6 heteroatoms. The number of aliphatic carboxylic acids is 1. The highest BCUT2D eigenvalue weighted by molar-refractivity contribution is 6.30. The molecule has 2 rings (SSSR count). The van der Waals surface area contributed by atoms with Crippen molar-refractivity contribution in [1.82, 2.24) is 5.32 Å². The second-order valence-electron chi connectivity index (χ2n) is 5.68. The third-order valence-corrected chi connectivity index (χ3v) is 3.84. The Hall–Kier alpha value is -2.84. The van der Waals surface area contributed by atoms with Gasteiger partial charge >= 0.3 is 5.97 Å². The number of carboxylic acid groups (broad SMARTS) is 1. The molecule has 0 spiro atoms. The van der Waals surface area contributed by atoms with E-state index in [-0.39, 0.29) is 18.7 Å². The molecule has 1 atom stereocenters. The van der Waals surface area contributed by atoms with E-state index in [0.717, 1.165) is 11.1 Å². The number of carbonyl (C=O) groups is 2. The summed E-state index contributed by atoms with van der Waals surface area (Å²) in [6, 6.07) is 15.3. The van der Waals surface area contributed by atoms with Crippen molar-refractivity contribution in [3.05, 3.63) is 70.2 Å². The van der Waals surface area contributed by atoms with Crippen molar-refractivity contribution in [3.8, 4) is 6.07 Å². The lowest BCUT2D eigenvalue weighted by atomic mass is 10.0. The third-order valence-electron chi connectivity index (χ3n) is 3.60. The molecule has 0 saturated heterocycles. The Morgan fingerprint density at radius 1 is 1.16 bits per heavy atom. The SMILES string of the molecule is N#Cc1ccc(CC(CC(=O)O)NC(=O)Cc2cccc(Cl)c2)cc1. The number of carbonyl (C=O) groups excluding carboxylic acids is 1. The maximum Gasteiger partial charge on any atom is 0.305 e. The maximum atomic E-state index is 12.2. The van der Waals surface area contributed by atoms with Gasteiger partial charge in [-0.05, 0) is 41.8 Å². The minimum absolute atomic E-state index is 0.129. The van der Waals surface area contributed by atoms with Crippen LogP contribution in [0, 0.1) is 11.3 Å². The molecule has 25 heavy (non-hydrogen) atoms. The van der Waals surface area contributed by atoms with E-state index in [2.05, 4.69) is 5.32 Å². The van der Waals surface area contributed by atoms with Crippen LogP contribution in [0.5, 0.6) is 0 Å². The van der Waals surface area contributed by atoms with Gasteiger partial charge in [0, 0.05) is 11.1 Å². The highest BCUT2D eigenvalue weighted by Crippen LogP contribution is 2.12. The molecule has 1 amide bonds. The predicted octanol–water partition coefficient (Wildman–Crippen LogP) is 2.96. The van der Waals surface area contributed by atoms with Gasteiger partial charge in [0.1, 0.15) is 0 Å². The van der Waals surface area contributed by atoms with Gasteiger partial charge in [0.25, 0.3) is 0 Å². The minimum atomic E-state index is -0.985. The van der Waals surface area contributed by atoms with E-state index in [4.69, 9.17) is 22.0 Å². The Labute approximate surface area is 150 Å². The Bertz CT molecular complexity index is 797. The first kappa shape index (κ1) is 18.5. The molecule has 0 bridgehead atoms. The van der Waals surface area contributed by atoms with Crippen molar-refractivity contribution in [2.24, 2.45) is 0 Å². The molecule has 0 fully saturated rings. The summed E-state index contributed by atoms with van der Waals surface area (Å²) in [5.41, 5.74) is 2.15. The smallest absolute Gasteiger partial charge is 0.305 e. The normalized spacial score (nSPS) is 11.4. The van der Waals surface area contributed by atoms with E-state index in [0.29, 0.717) is 17.0 Å². The minimum Gasteiger partial charge on any atom is -0.481 e. The molecule has 1 unspecified atom stereocenters. The summed E-state index contributed by atoms with van der Waals surface area (Å²) in [4.78, 5) is 23.3. The van der Waals surface area contributed by atoms with Gasteiger partial charge in [-0.1, -0.05) is 35.9 Å². The zero-order valence-electron chi connectivity index (χ0n) is 13.4. The number of nitrogens with zero attached hydrogens (tertiary/aromatic N) is 1. The first-order valence-corrected chi connectivity index (χ1v) is 8.08.